The summed E-state index contributed by atoms with van der Waals surface area (Å²) < 4.78 is 4.55. The summed E-state index contributed by atoms with van der Waals surface area (Å²) in [7, 11) is 1.34. The topological polar surface area (TPSA) is 64.7 Å². The molecule has 0 spiro atoms. The third-order valence-corrected chi connectivity index (χ3v) is 1.53. The van der Waals surface area contributed by atoms with E-state index in [4.69, 9.17) is 5.84 Å². The van der Waals surface area contributed by atoms with Crippen molar-refractivity contribution in [2.24, 2.45) is 10.9 Å². The van der Waals surface area contributed by atoms with Crippen molar-refractivity contribution in [1.29, 1.82) is 0 Å². The molecule has 0 amide bonds. The second kappa shape index (κ2) is 5.99. The molecule has 0 aliphatic rings. The first-order valence-electron chi connectivity index (χ1n) is 3.69. The zero-order chi connectivity index (χ0) is 9.68. The molecule has 0 radical (unpaired) electrons. The number of rotatable bonds is 2. The monoisotopic (exact) mass is 214 g/mol. The molecule has 0 unspecified atom stereocenters. The van der Waals surface area contributed by atoms with Gasteiger partial charge in [-0.25, -0.2) is 4.79 Å². The summed E-state index contributed by atoms with van der Waals surface area (Å²) >= 11 is 0. The first-order chi connectivity index (χ1) is 6.27. The van der Waals surface area contributed by atoms with Crippen molar-refractivity contribution in [3.8, 4) is 0 Å². The Balaban J connectivity index is 0.00000169. The van der Waals surface area contributed by atoms with Gasteiger partial charge < -0.3 is 10.6 Å². The van der Waals surface area contributed by atoms with Crippen LogP contribution in [-0.4, -0.2) is 19.3 Å². The summed E-state index contributed by atoms with van der Waals surface area (Å²) in [6, 6.07) is 6.86. The van der Waals surface area contributed by atoms with Gasteiger partial charge in [-0.05, 0) is 17.7 Å². The molecular weight excluding hydrogens is 204 g/mol. The third-order valence-electron chi connectivity index (χ3n) is 1.53. The van der Waals surface area contributed by atoms with Crippen LogP contribution in [0.15, 0.2) is 29.4 Å². The number of halogens is 1. The second-order valence-electron chi connectivity index (χ2n) is 2.40. The van der Waals surface area contributed by atoms with E-state index in [9.17, 15) is 4.79 Å². The molecule has 0 fully saturated rings. The highest BCUT2D eigenvalue weighted by atomic mass is 35.5. The van der Waals surface area contributed by atoms with Crippen molar-refractivity contribution in [1.82, 2.24) is 0 Å². The van der Waals surface area contributed by atoms with E-state index in [0.717, 1.165) is 5.56 Å². The lowest BCUT2D eigenvalue weighted by Gasteiger charge is -1.98. The number of hydrogen-bond donors (Lipinski definition) is 1. The third kappa shape index (κ3) is 3.06. The van der Waals surface area contributed by atoms with E-state index in [-0.39, 0.29) is 18.4 Å². The number of benzene rings is 1. The van der Waals surface area contributed by atoms with E-state index in [0.29, 0.717) is 5.56 Å². The number of carbonyl (C=O) groups excluding carboxylic acids is 1. The van der Waals surface area contributed by atoms with Crippen molar-refractivity contribution in [3.63, 3.8) is 0 Å². The van der Waals surface area contributed by atoms with Gasteiger partial charge >= 0.3 is 5.97 Å². The summed E-state index contributed by atoms with van der Waals surface area (Å²) in [6.07, 6.45) is 1.46. The van der Waals surface area contributed by atoms with Crippen molar-refractivity contribution < 1.29 is 9.53 Å². The maximum absolute atomic E-state index is 11.1. The predicted octanol–water partition coefficient (Wildman–Crippen LogP) is 1.19. The Morgan fingerprint density at radius 1 is 1.57 bits per heavy atom. The molecule has 0 aliphatic carbocycles. The number of nitrogens with zero attached hydrogens (tertiary/aromatic N) is 1. The normalized spacial score (nSPS) is 9.50. The summed E-state index contributed by atoms with van der Waals surface area (Å²) in [4.78, 5) is 11.1. The van der Waals surface area contributed by atoms with Crippen LogP contribution < -0.4 is 5.84 Å². The molecule has 1 rings (SSSR count). The molecule has 2 N–H and O–H groups in total. The number of hydrogen-bond acceptors (Lipinski definition) is 4. The average molecular weight is 215 g/mol. The van der Waals surface area contributed by atoms with E-state index >= 15 is 0 Å². The molecule has 14 heavy (non-hydrogen) atoms. The Morgan fingerprint density at radius 3 is 2.86 bits per heavy atom. The van der Waals surface area contributed by atoms with Crippen LogP contribution in [0, 0.1) is 0 Å². The molecule has 0 saturated carbocycles. The molecule has 0 heterocycles. The Bertz CT molecular complexity index is 339. The van der Waals surface area contributed by atoms with E-state index in [1.54, 1.807) is 24.3 Å². The van der Waals surface area contributed by atoms with Crippen LogP contribution in [0.25, 0.3) is 0 Å². The second-order valence-corrected chi connectivity index (χ2v) is 2.40. The predicted molar refractivity (Wildman–Crippen MR) is 56.8 cm³/mol. The van der Waals surface area contributed by atoms with E-state index in [2.05, 4.69) is 9.84 Å². The fourth-order valence-electron chi connectivity index (χ4n) is 0.950. The number of methoxy groups -OCH3 is 1. The minimum Gasteiger partial charge on any atom is -0.465 e. The van der Waals surface area contributed by atoms with Gasteiger partial charge in [0.25, 0.3) is 0 Å². The smallest absolute Gasteiger partial charge is 0.337 e. The molecule has 0 atom stereocenters. The van der Waals surface area contributed by atoms with Crippen LogP contribution in [0.1, 0.15) is 15.9 Å². The Morgan fingerprint density at radius 2 is 2.29 bits per heavy atom. The summed E-state index contributed by atoms with van der Waals surface area (Å²) in [5.74, 6) is 4.60. The Kier molecular flexibility index (Phi) is 5.33. The Labute approximate surface area is 88.2 Å². The van der Waals surface area contributed by atoms with Crippen LogP contribution in [0.4, 0.5) is 0 Å². The quantitative estimate of drug-likeness (QED) is 0.348. The lowest BCUT2D eigenvalue weighted by atomic mass is 10.1. The summed E-state index contributed by atoms with van der Waals surface area (Å²) in [5.41, 5.74) is 1.25. The zero-order valence-electron chi connectivity index (χ0n) is 7.64. The SMILES string of the molecule is COC(=O)c1cccc(/C=N/N)c1.Cl. The van der Waals surface area contributed by atoms with Gasteiger partial charge in [0.15, 0.2) is 0 Å². The highest BCUT2D eigenvalue weighted by Crippen LogP contribution is 2.04. The van der Waals surface area contributed by atoms with Gasteiger partial charge in [-0.2, -0.15) is 5.10 Å². The number of nitrogens with two attached hydrogens (primary N) is 1. The molecule has 0 bridgehead atoms. The molecule has 1 aromatic rings. The largest absolute Gasteiger partial charge is 0.465 e. The van der Waals surface area contributed by atoms with Crippen LogP contribution in [0.3, 0.4) is 0 Å². The number of ether oxygens (including phenoxy) is 1. The minimum atomic E-state index is -0.368. The highest BCUT2D eigenvalue weighted by Gasteiger charge is 2.03. The van der Waals surface area contributed by atoms with E-state index in [1.165, 1.54) is 13.3 Å². The van der Waals surface area contributed by atoms with Crippen molar-refractivity contribution in [2.45, 2.75) is 0 Å². The van der Waals surface area contributed by atoms with Gasteiger partial charge in [-0.1, -0.05) is 12.1 Å². The van der Waals surface area contributed by atoms with Crippen LogP contribution in [0.2, 0.25) is 0 Å². The van der Waals surface area contributed by atoms with Crippen molar-refractivity contribution in [3.05, 3.63) is 35.4 Å². The van der Waals surface area contributed by atoms with Gasteiger partial charge in [0.05, 0.1) is 18.9 Å². The fourth-order valence-corrected chi connectivity index (χ4v) is 0.950. The molecule has 0 aromatic heterocycles. The van der Waals surface area contributed by atoms with Gasteiger partial charge in [0.1, 0.15) is 0 Å². The standard InChI is InChI=1S/C9H10N2O2.ClH/c1-13-9(12)8-4-2-3-7(5-8)6-11-10;/h2-6H,10H2,1H3;1H/b11-6+;. The molecule has 5 heteroatoms. The molecule has 1 aromatic carbocycles. The van der Waals surface area contributed by atoms with E-state index in [1.807, 2.05) is 0 Å². The first kappa shape index (κ1) is 12.4. The summed E-state index contributed by atoms with van der Waals surface area (Å²) in [5, 5.41) is 3.36. The first-order valence-corrected chi connectivity index (χ1v) is 3.69. The summed E-state index contributed by atoms with van der Waals surface area (Å²) in [6.45, 7) is 0. The zero-order valence-corrected chi connectivity index (χ0v) is 8.45. The number of carbonyl (C=O) groups is 1. The van der Waals surface area contributed by atoms with Crippen LogP contribution in [-0.2, 0) is 4.74 Å². The maximum atomic E-state index is 11.1. The molecule has 0 saturated heterocycles. The van der Waals surface area contributed by atoms with Gasteiger partial charge in [0, 0.05) is 0 Å². The highest BCUT2D eigenvalue weighted by molar-refractivity contribution is 5.92. The van der Waals surface area contributed by atoms with Crippen LogP contribution in [0.5, 0.6) is 0 Å². The van der Waals surface area contributed by atoms with Gasteiger partial charge in [-0.15, -0.1) is 12.4 Å². The van der Waals surface area contributed by atoms with E-state index < -0.39 is 0 Å². The minimum absolute atomic E-state index is 0. The number of esters is 1. The van der Waals surface area contributed by atoms with Gasteiger partial charge in [0.2, 0.25) is 0 Å². The lowest BCUT2D eigenvalue weighted by molar-refractivity contribution is 0.0600. The van der Waals surface area contributed by atoms with Gasteiger partial charge in [-0.3, -0.25) is 0 Å². The number of hydrazone groups is 1. The average Bonchev–Trinajstić information content (AvgIpc) is 2.18. The van der Waals surface area contributed by atoms with Crippen LogP contribution >= 0.6 is 12.4 Å². The van der Waals surface area contributed by atoms with Crippen molar-refractivity contribution in [2.75, 3.05) is 7.11 Å². The molecule has 4 nitrogen and oxygen atoms in total. The lowest BCUT2D eigenvalue weighted by Crippen LogP contribution is -2.01. The Hall–Kier alpha value is -1.55. The maximum Gasteiger partial charge on any atom is 0.337 e. The molecule has 76 valence electrons. The molecular formula is C9H11ClN2O2. The van der Waals surface area contributed by atoms with Crippen molar-refractivity contribution >= 4 is 24.6 Å². The fraction of sp³-hybridized carbons (Fsp3) is 0.111. The molecule has 0 aliphatic heterocycles.